The fourth-order valence-corrected chi connectivity index (χ4v) is 3.41. The lowest BCUT2D eigenvalue weighted by atomic mass is 10.3. The number of anilines is 2. The fraction of sp³-hybridized carbons (Fsp3) is 0.312. The highest BCUT2D eigenvalue weighted by Gasteiger charge is 2.32. The lowest BCUT2D eigenvalue weighted by molar-refractivity contribution is -0.385. The van der Waals surface area contributed by atoms with E-state index in [2.05, 4.69) is 15.3 Å². The van der Waals surface area contributed by atoms with Gasteiger partial charge in [-0.05, 0) is 24.3 Å². The van der Waals surface area contributed by atoms with Crippen molar-refractivity contribution in [2.24, 2.45) is 0 Å². The van der Waals surface area contributed by atoms with Crippen molar-refractivity contribution in [3.05, 3.63) is 40.7 Å². The van der Waals surface area contributed by atoms with Gasteiger partial charge in [-0.2, -0.15) is 4.98 Å². The lowest BCUT2D eigenvalue weighted by Crippen LogP contribution is -2.29. The molecule has 12 nitrogen and oxygen atoms in total. The topological polar surface area (TPSA) is 165 Å². The maximum Gasteiger partial charge on any atom is 0.407 e. The van der Waals surface area contributed by atoms with Gasteiger partial charge in [0.2, 0.25) is 5.82 Å². The van der Waals surface area contributed by atoms with Crippen molar-refractivity contribution in [3.8, 4) is 5.88 Å². The number of nitrogens with zero attached hydrogens (tertiary/aromatic N) is 4. The third-order valence-electron chi connectivity index (χ3n) is 4.21. The SMILES string of the molecule is CS(=O)(=O)c1ccc(Nc2ncnc(OC3CCN(C(=O)O)C3)c2[N+](=O)[O-])cc1. The highest BCUT2D eigenvalue weighted by molar-refractivity contribution is 7.90. The number of nitrogens with one attached hydrogen (secondary N) is 1. The number of carboxylic acid groups (broad SMARTS) is 1. The number of hydrogen-bond donors (Lipinski definition) is 2. The summed E-state index contributed by atoms with van der Waals surface area (Å²) in [6.07, 6.45) is 0.876. The molecule has 1 unspecified atom stereocenters. The zero-order valence-corrected chi connectivity index (χ0v) is 16.0. The van der Waals surface area contributed by atoms with Crippen LogP contribution in [0.2, 0.25) is 0 Å². The molecule has 29 heavy (non-hydrogen) atoms. The molecule has 2 N–H and O–H groups in total. The van der Waals surface area contributed by atoms with Crippen LogP contribution in [0.1, 0.15) is 6.42 Å². The van der Waals surface area contributed by atoms with E-state index in [9.17, 15) is 23.3 Å². The van der Waals surface area contributed by atoms with E-state index < -0.39 is 32.6 Å². The first-order valence-corrected chi connectivity index (χ1v) is 10.3. The van der Waals surface area contributed by atoms with Gasteiger partial charge in [0.05, 0.1) is 16.4 Å². The Balaban J connectivity index is 1.84. The van der Waals surface area contributed by atoms with Gasteiger partial charge in [0.25, 0.3) is 5.88 Å². The smallest absolute Gasteiger partial charge is 0.407 e. The second kappa shape index (κ2) is 7.87. The normalized spacial score (nSPS) is 16.4. The molecule has 0 aliphatic carbocycles. The summed E-state index contributed by atoms with van der Waals surface area (Å²) in [6.45, 7) is 0.336. The van der Waals surface area contributed by atoms with Crippen molar-refractivity contribution >= 4 is 33.1 Å². The Bertz CT molecular complexity index is 1040. The van der Waals surface area contributed by atoms with Crippen molar-refractivity contribution in [1.29, 1.82) is 0 Å². The van der Waals surface area contributed by atoms with Crippen LogP contribution >= 0.6 is 0 Å². The lowest BCUT2D eigenvalue weighted by Gasteiger charge is -2.14. The standard InChI is InChI=1S/C16H17N5O7S/c1-29(26,27)12-4-2-10(3-5-12)19-14-13(21(24)25)15(18-9-17-14)28-11-6-7-20(8-11)16(22)23/h2-5,9,11H,6-8H2,1H3,(H,22,23)(H,17,18,19). The Morgan fingerprint density at radius 3 is 2.59 bits per heavy atom. The molecule has 0 spiro atoms. The van der Waals surface area contributed by atoms with Gasteiger partial charge < -0.3 is 20.1 Å². The Morgan fingerprint density at radius 2 is 2.03 bits per heavy atom. The molecule has 1 saturated heterocycles. The highest BCUT2D eigenvalue weighted by atomic mass is 32.2. The van der Waals surface area contributed by atoms with E-state index in [1.807, 2.05) is 0 Å². The number of amides is 1. The Morgan fingerprint density at radius 1 is 1.34 bits per heavy atom. The largest absolute Gasteiger partial charge is 0.467 e. The summed E-state index contributed by atoms with van der Waals surface area (Å²) in [5.41, 5.74) is -0.128. The quantitative estimate of drug-likeness (QED) is 0.515. The van der Waals surface area contributed by atoms with E-state index in [0.717, 1.165) is 17.5 Å². The summed E-state index contributed by atoms with van der Waals surface area (Å²) in [4.78, 5) is 30.8. The van der Waals surface area contributed by atoms with Crippen LogP contribution in [0.3, 0.4) is 0 Å². The van der Waals surface area contributed by atoms with Gasteiger partial charge in [-0.1, -0.05) is 0 Å². The van der Waals surface area contributed by atoms with Crippen LogP contribution in [0.15, 0.2) is 35.5 Å². The van der Waals surface area contributed by atoms with Crippen LogP contribution in [-0.4, -0.2) is 64.9 Å². The number of likely N-dealkylation sites (tertiary alicyclic amines) is 1. The predicted molar refractivity (Wildman–Crippen MR) is 100 cm³/mol. The van der Waals surface area contributed by atoms with Crippen molar-refractivity contribution in [1.82, 2.24) is 14.9 Å². The molecule has 3 rings (SSSR count). The van der Waals surface area contributed by atoms with E-state index >= 15 is 0 Å². The Labute approximate surface area is 165 Å². The van der Waals surface area contributed by atoms with E-state index in [4.69, 9.17) is 9.84 Å². The van der Waals surface area contributed by atoms with Crippen molar-refractivity contribution < 1.29 is 28.0 Å². The minimum absolute atomic E-state index is 0.0756. The number of aromatic nitrogens is 2. The van der Waals surface area contributed by atoms with Crippen LogP contribution in [-0.2, 0) is 9.84 Å². The van der Waals surface area contributed by atoms with Crippen LogP contribution in [0.5, 0.6) is 5.88 Å². The average Bonchev–Trinajstić information content (AvgIpc) is 3.10. The molecule has 1 fully saturated rings. The molecule has 2 aromatic rings. The first kappa shape index (κ1) is 20.3. The maximum absolute atomic E-state index is 11.6. The summed E-state index contributed by atoms with van der Waals surface area (Å²) in [7, 11) is -3.37. The number of nitro groups is 1. The predicted octanol–water partition coefficient (Wildman–Crippen LogP) is 1.66. The first-order valence-electron chi connectivity index (χ1n) is 8.36. The van der Waals surface area contributed by atoms with Gasteiger partial charge >= 0.3 is 11.8 Å². The monoisotopic (exact) mass is 423 g/mol. The highest BCUT2D eigenvalue weighted by Crippen LogP contribution is 2.34. The third kappa shape index (κ3) is 4.68. The summed E-state index contributed by atoms with van der Waals surface area (Å²) in [6, 6.07) is 5.62. The van der Waals surface area contributed by atoms with Crippen LogP contribution in [0, 0.1) is 10.1 Å². The summed E-state index contributed by atoms with van der Waals surface area (Å²) in [5, 5.41) is 23.3. The Hall–Kier alpha value is -3.48. The zero-order valence-electron chi connectivity index (χ0n) is 15.2. The van der Waals surface area contributed by atoms with Gasteiger partial charge in [-0.3, -0.25) is 10.1 Å². The van der Waals surface area contributed by atoms with Crippen molar-refractivity contribution in [3.63, 3.8) is 0 Å². The number of hydrogen-bond acceptors (Lipinski definition) is 9. The fourth-order valence-electron chi connectivity index (χ4n) is 2.78. The van der Waals surface area contributed by atoms with Gasteiger partial charge in [0.1, 0.15) is 12.4 Å². The summed E-state index contributed by atoms with van der Waals surface area (Å²) >= 11 is 0. The molecule has 2 heterocycles. The minimum atomic E-state index is -3.37. The molecule has 1 aromatic heterocycles. The number of rotatable bonds is 6. The number of carbonyl (C=O) groups is 1. The molecule has 154 valence electrons. The van der Waals surface area contributed by atoms with Crippen molar-refractivity contribution in [2.75, 3.05) is 24.7 Å². The van der Waals surface area contributed by atoms with Crippen LogP contribution < -0.4 is 10.1 Å². The minimum Gasteiger partial charge on any atom is -0.467 e. The molecule has 1 amide bonds. The average molecular weight is 423 g/mol. The number of sulfone groups is 1. The molecule has 0 bridgehead atoms. The Kier molecular flexibility index (Phi) is 5.50. The maximum atomic E-state index is 11.6. The van der Waals surface area contributed by atoms with Gasteiger partial charge in [0, 0.05) is 24.9 Å². The second-order valence-corrected chi connectivity index (χ2v) is 8.33. The van der Waals surface area contributed by atoms with Gasteiger partial charge in [-0.15, -0.1) is 0 Å². The molecular formula is C16H17N5O7S. The second-order valence-electron chi connectivity index (χ2n) is 6.31. The molecule has 1 aliphatic heterocycles. The van der Waals surface area contributed by atoms with Crippen molar-refractivity contribution in [2.45, 2.75) is 17.4 Å². The molecule has 0 radical (unpaired) electrons. The van der Waals surface area contributed by atoms with E-state index in [1.165, 1.54) is 24.3 Å². The molecule has 1 aromatic carbocycles. The molecule has 0 saturated carbocycles. The molecule has 1 aliphatic rings. The van der Waals surface area contributed by atoms with Gasteiger partial charge in [0.15, 0.2) is 9.84 Å². The van der Waals surface area contributed by atoms with Crippen LogP contribution in [0.25, 0.3) is 0 Å². The summed E-state index contributed by atoms with van der Waals surface area (Å²) in [5.74, 6) is -0.419. The van der Waals surface area contributed by atoms with E-state index in [0.29, 0.717) is 12.1 Å². The zero-order chi connectivity index (χ0) is 21.2. The van der Waals surface area contributed by atoms with E-state index in [1.54, 1.807) is 0 Å². The molecule has 1 atom stereocenters. The number of benzene rings is 1. The van der Waals surface area contributed by atoms with Crippen LogP contribution in [0.4, 0.5) is 22.0 Å². The van der Waals surface area contributed by atoms with Gasteiger partial charge in [-0.25, -0.2) is 18.2 Å². The third-order valence-corrected chi connectivity index (χ3v) is 5.34. The number of ether oxygens (including phenoxy) is 1. The first-order chi connectivity index (χ1) is 13.6. The summed E-state index contributed by atoms with van der Waals surface area (Å²) < 4.78 is 28.6. The van der Waals surface area contributed by atoms with E-state index in [-0.39, 0.29) is 29.7 Å². The molecule has 13 heteroatoms. The molecular weight excluding hydrogens is 406 g/mol.